The van der Waals surface area contributed by atoms with Crippen LogP contribution >= 0.6 is 0 Å². The van der Waals surface area contributed by atoms with E-state index in [2.05, 4.69) is 47.4 Å². The summed E-state index contributed by atoms with van der Waals surface area (Å²) in [6.07, 6.45) is 7.31. The molecule has 0 radical (unpaired) electrons. The van der Waals surface area contributed by atoms with Crippen molar-refractivity contribution < 1.29 is 28.5 Å². The lowest BCUT2D eigenvalue weighted by Crippen LogP contribution is -2.49. The lowest BCUT2D eigenvalue weighted by atomic mass is 9.95. The number of carbonyl (C=O) groups excluding carboxylic acids is 2. The number of Topliss-reactive ketones (excluding diaryl/α,β-unsaturated/α-hetero) is 1. The fourth-order valence-electron chi connectivity index (χ4n) is 5.34. The van der Waals surface area contributed by atoms with E-state index in [-0.39, 0.29) is 29.8 Å². The molecule has 0 bridgehead atoms. The highest BCUT2D eigenvalue weighted by Gasteiger charge is 2.45. The number of unbranched alkanes of at least 4 members (excludes halogenated alkanes) is 1. The largest absolute Gasteiger partial charge is 0.497 e. The number of hydrogen-bond acceptors (Lipinski definition) is 7. The SMILES string of the molecule is COC(=O)CCCC=CC[C@H]1[C@H](N2CCOCC2)C(=O)C[C@H]1OCc1ccc(-c2cccc(OC)c2)cc1. The standard InChI is InChI=1S/C31H39NO6/c1-35-26-9-7-8-25(20-26)24-14-12-23(13-15-24)22-38-29-21-28(33)31(32-16-18-37-19-17-32)27(29)10-5-3-4-6-11-30(34)36-2/h3,5,7-9,12-15,20,27,29,31H,4,6,10-11,16-19,21-22H2,1-2H3/t27-,29-,31+/m1/s1. The van der Waals surface area contributed by atoms with Crippen molar-refractivity contribution in [3.63, 3.8) is 0 Å². The first-order valence-electron chi connectivity index (χ1n) is 13.5. The van der Waals surface area contributed by atoms with Crippen molar-refractivity contribution in [3.05, 3.63) is 66.2 Å². The van der Waals surface area contributed by atoms with Crippen molar-refractivity contribution in [3.8, 4) is 16.9 Å². The molecule has 0 aromatic heterocycles. The predicted molar refractivity (Wildman–Crippen MR) is 146 cm³/mol. The van der Waals surface area contributed by atoms with E-state index in [0.717, 1.165) is 54.8 Å². The molecule has 1 heterocycles. The van der Waals surface area contributed by atoms with E-state index >= 15 is 0 Å². The molecule has 7 nitrogen and oxygen atoms in total. The van der Waals surface area contributed by atoms with Gasteiger partial charge >= 0.3 is 5.97 Å². The number of allylic oxidation sites excluding steroid dienone is 2. The van der Waals surface area contributed by atoms with Crippen LogP contribution in [0.5, 0.6) is 5.75 Å². The van der Waals surface area contributed by atoms with Gasteiger partial charge in [-0.2, -0.15) is 0 Å². The lowest BCUT2D eigenvalue weighted by Gasteiger charge is -2.35. The van der Waals surface area contributed by atoms with Gasteiger partial charge in [0.2, 0.25) is 0 Å². The van der Waals surface area contributed by atoms with Crippen LogP contribution in [0.3, 0.4) is 0 Å². The van der Waals surface area contributed by atoms with Gasteiger partial charge in [-0.1, -0.05) is 48.6 Å². The minimum absolute atomic E-state index is 0.0912. The summed E-state index contributed by atoms with van der Waals surface area (Å²) in [6.45, 7) is 3.32. The minimum atomic E-state index is -0.183. The van der Waals surface area contributed by atoms with Crippen molar-refractivity contribution in [2.45, 2.75) is 50.9 Å². The van der Waals surface area contributed by atoms with Gasteiger partial charge in [0, 0.05) is 31.8 Å². The van der Waals surface area contributed by atoms with E-state index in [1.54, 1.807) is 7.11 Å². The summed E-state index contributed by atoms with van der Waals surface area (Å²) in [7, 11) is 3.08. The van der Waals surface area contributed by atoms with E-state index in [9.17, 15) is 9.59 Å². The van der Waals surface area contributed by atoms with Crippen molar-refractivity contribution >= 4 is 11.8 Å². The number of morpholine rings is 1. The van der Waals surface area contributed by atoms with Crippen LogP contribution in [-0.4, -0.2) is 69.3 Å². The summed E-state index contributed by atoms with van der Waals surface area (Å²) < 4.78 is 22.0. The molecule has 204 valence electrons. The van der Waals surface area contributed by atoms with Crippen LogP contribution in [0.15, 0.2) is 60.7 Å². The van der Waals surface area contributed by atoms with E-state index in [1.807, 2.05) is 18.2 Å². The molecule has 1 aliphatic carbocycles. The number of methoxy groups -OCH3 is 2. The predicted octanol–water partition coefficient (Wildman–Crippen LogP) is 4.83. The van der Waals surface area contributed by atoms with E-state index < -0.39 is 0 Å². The second-order valence-electron chi connectivity index (χ2n) is 9.88. The van der Waals surface area contributed by atoms with Crippen molar-refractivity contribution in [2.24, 2.45) is 5.92 Å². The topological polar surface area (TPSA) is 74.3 Å². The Labute approximate surface area is 225 Å². The van der Waals surface area contributed by atoms with Crippen LogP contribution in [0.2, 0.25) is 0 Å². The summed E-state index contributed by atoms with van der Waals surface area (Å²) in [5.74, 6) is 0.999. The molecule has 3 atom stereocenters. The molecule has 2 fully saturated rings. The Balaban J connectivity index is 1.38. The van der Waals surface area contributed by atoms with Crippen molar-refractivity contribution in [2.75, 3.05) is 40.5 Å². The summed E-state index contributed by atoms with van der Waals surface area (Å²) in [5.41, 5.74) is 3.30. The smallest absolute Gasteiger partial charge is 0.305 e. The molecule has 0 unspecified atom stereocenters. The van der Waals surface area contributed by atoms with E-state index in [0.29, 0.717) is 32.7 Å². The quantitative estimate of drug-likeness (QED) is 0.225. The molecule has 1 saturated carbocycles. The molecule has 0 amide bonds. The molecule has 1 aliphatic heterocycles. The van der Waals surface area contributed by atoms with Crippen LogP contribution in [0, 0.1) is 5.92 Å². The van der Waals surface area contributed by atoms with Gasteiger partial charge in [0.25, 0.3) is 0 Å². The first kappa shape index (κ1) is 28.0. The third-order valence-corrected chi connectivity index (χ3v) is 7.43. The third-order valence-electron chi connectivity index (χ3n) is 7.43. The lowest BCUT2D eigenvalue weighted by molar-refractivity contribution is -0.140. The number of rotatable bonds is 12. The number of ketones is 1. The number of ether oxygens (including phenoxy) is 4. The van der Waals surface area contributed by atoms with Gasteiger partial charge in [-0.05, 0) is 48.1 Å². The van der Waals surface area contributed by atoms with Gasteiger partial charge in [0.05, 0.1) is 46.2 Å². The number of nitrogens with zero attached hydrogens (tertiary/aromatic N) is 1. The average Bonchev–Trinajstić information content (AvgIpc) is 3.28. The molecule has 2 aromatic carbocycles. The normalized spacial score (nSPS) is 22.2. The van der Waals surface area contributed by atoms with E-state index in [4.69, 9.17) is 18.9 Å². The summed E-state index contributed by atoms with van der Waals surface area (Å²) in [6, 6.07) is 16.2. The maximum atomic E-state index is 13.2. The monoisotopic (exact) mass is 521 g/mol. The second-order valence-corrected chi connectivity index (χ2v) is 9.88. The zero-order valence-corrected chi connectivity index (χ0v) is 22.5. The Morgan fingerprint density at radius 1 is 1.05 bits per heavy atom. The van der Waals surface area contributed by atoms with Gasteiger partial charge < -0.3 is 18.9 Å². The fraction of sp³-hybridized carbons (Fsp3) is 0.484. The number of carbonyl (C=O) groups is 2. The van der Waals surface area contributed by atoms with Gasteiger partial charge in [-0.15, -0.1) is 0 Å². The molecule has 2 aliphatic rings. The zero-order chi connectivity index (χ0) is 26.7. The highest BCUT2D eigenvalue weighted by Crippen LogP contribution is 2.34. The molecule has 2 aromatic rings. The highest BCUT2D eigenvalue weighted by molar-refractivity contribution is 5.87. The summed E-state index contributed by atoms with van der Waals surface area (Å²) in [4.78, 5) is 26.8. The van der Waals surface area contributed by atoms with Crippen LogP contribution in [0.25, 0.3) is 11.1 Å². The Morgan fingerprint density at radius 3 is 2.58 bits per heavy atom. The van der Waals surface area contributed by atoms with Crippen LogP contribution < -0.4 is 4.74 Å². The molecule has 4 rings (SSSR count). The van der Waals surface area contributed by atoms with Gasteiger partial charge in [-0.3, -0.25) is 14.5 Å². The average molecular weight is 522 g/mol. The van der Waals surface area contributed by atoms with Crippen LogP contribution in [-0.2, 0) is 30.4 Å². The Kier molecular flexibility index (Phi) is 10.5. The molecule has 0 N–H and O–H groups in total. The third kappa shape index (κ3) is 7.53. The van der Waals surface area contributed by atoms with Gasteiger partial charge in [0.1, 0.15) is 5.75 Å². The zero-order valence-electron chi connectivity index (χ0n) is 22.5. The van der Waals surface area contributed by atoms with Crippen LogP contribution in [0.4, 0.5) is 0 Å². The second kappa shape index (κ2) is 14.2. The Morgan fingerprint density at radius 2 is 1.84 bits per heavy atom. The number of esters is 1. The van der Waals surface area contributed by atoms with E-state index in [1.165, 1.54) is 7.11 Å². The number of benzene rings is 2. The van der Waals surface area contributed by atoms with Crippen molar-refractivity contribution in [1.29, 1.82) is 0 Å². The van der Waals surface area contributed by atoms with Gasteiger partial charge in [0.15, 0.2) is 5.78 Å². The van der Waals surface area contributed by atoms with Crippen molar-refractivity contribution in [1.82, 2.24) is 4.90 Å². The highest BCUT2D eigenvalue weighted by atomic mass is 16.5. The molecule has 0 spiro atoms. The fourth-order valence-corrected chi connectivity index (χ4v) is 5.34. The first-order valence-corrected chi connectivity index (χ1v) is 13.5. The molecular formula is C31H39NO6. The summed E-state index contributed by atoms with van der Waals surface area (Å²) >= 11 is 0. The Bertz CT molecular complexity index is 1080. The molecule has 38 heavy (non-hydrogen) atoms. The molecular weight excluding hydrogens is 482 g/mol. The maximum absolute atomic E-state index is 13.2. The van der Waals surface area contributed by atoms with Gasteiger partial charge in [-0.25, -0.2) is 0 Å². The number of hydrogen-bond donors (Lipinski definition) is 0. The first-order chi connectivity index (χ1) is 18.6. The Hall–Kier alpha value is -3.00. The molecule has 7 heteroatoms. The maximum Gasteiger partial charge on any atom is 0.305 e. The molecule has 1 saturated heterocycles. The van der Waals surface area contributed by atoms with Crippen LogP contribution in [0.1, 0.15) is 37.7 Å². The summed E-state index contributed by atoms with van der Waals surface area (Å²) in [5, 5.41) is 0. The minimum Gasteiger partial charge on any atom is -0.497 e.